The molecule has 0 spiro atoms. The molecule has 8 N–H and O–H groups in total. The van der Waals surface area contributed by atoms with Gasteiger partial charge in [-0.2, -0.15) is 0 Å². The first kappa shape index (κ1) is 41.4. The van der Waals surface area contributed by atoms with E-state index in [1.807, 2.05) is 0 Å². The zero-order chi connectivity index (χ0) is 41.2. The fraction of sp³-hybridized carbons (Fsp3) is 0.425. The first-order valence-electron chi connectivity index (χ1n) is 18.7. The second kappa shape index (κ2) is 17.6. The molecule has 0 bridgehead atoms. The van der Waals surface area contributed by atoms with Crippen LogP contribution in [-0.4, -0.2) is 151 Å². The zero-order valence-electron chi connectivity index (χ0n) is 30.8. The number of hydrogen-bond acceptors (Lipinski definition) is 16. The third kappa shape index (κ3) is 8.67. The number of aliphatic hydroxyl groups is 6. The normalized spacial score (nSPS) is 29.1. The molecule has 10 unspecified atom stereocenters. The van der Waals surface area contributed by atoms with Crippen molar-refractivity contribution in [2.75, 3.05) is 26.2 Å². The van der Waals surface area contributed by atoms with Gasteiger partial charge >= 0.3 is 11.9 Å². The van der Waals surface area contributed by atoms with Gasteiger partial charge in [0, 0.05) is 32.6 Å². The minimum atomic E-state index is -1.90. The quantitative estimate of drug-likeness (QED) is 0.0881. The molecule has 0 aliphatic carbocycles. The number of piperidine rings is 1. The van der Waals surface area contributed by atoms with Gasteiger partial charge in [-0.3, -0.25) is 9.69 Å². The highest BCUT2D eigenvalue weighted by atomic mass is 32.1. The predicted octanol–water partition coefficient (Wildman–Crippen LogP) is 1.21. The Morgan fingerprint density at radius 3 is 1.76 bits per heavy atom. The van der Waals surface area contributed by atoms with Crippen molar-refractivity contribution in [1.29, 1.82) is 0 Å². The average Bonchev–Trinajstić information content (AvgIpc) is 3.60. The molecule has 58 heavy (non-hydrogen) atoms. The summed E-state index contributed by atoms with van der Waals surface area (Å²) in [6, 6.07) is 17.7. The standard InChI is InChI=1S/C40H43NO16S/c42-27(19-4-8-21(9-5-19)53-17-16-41-14-2-1-3-15-41)26-24-13-12-23(55-40-33(48)29(44)31(46)35(57-40)38(51)52)18-25(24)58-36(26)20-6-10-22(11-7-20)54-39-32(47)28(43)30(45)34(56-39)37(49)50/h4-13,18,28-35,39-40,43-48H,1-3,14-17H2,(H,49,50)(H,51,52). The molecule has 3 fully saturated rings. The zero-order valence-corrected chi connectivity index (χ0v) is 31.6. The molecule has 3 saturated heterocycles. The van der Waals surface area contributed by atoms with Crippen LogP contribution in [0.1, 0.15) is 35.2 Å². The minimum Gasteiger partial charge on any atom is -0.492 e. The molecular formula is C40H43NO16S. The Bertz CT molecular complexity index is 2090. The Balaban J connectivity index is 1.16. The van der Waals surface area contributed by atoms with E-state index in [2.05, 4.69) is 4.90 Å². The number of thiophene rings is 1. The van der Waals surface area contributed by atoms with Gasteiger partial charge in [-0.15, -0.1) is 11.3 Å². The lowest BCUT2D eigenvalue weighted by Crippen LogP contribution is -2.61. The third-order valence-electron chi connectivity index (χ3n) is 10.4. The summed E-state index contributed by atoms with van der Waals surface area (Å²) in [7, 11) is 0. The number of carboxylic acid groups (broad SMARTS) is 2. The molecule has 3 aromatic carbocycles. The van der Waals surface area contributed by atoms with Crippen LogP contribution >= 0.6 is 11.3 Å². The van der Waals surface area contributed by atoms with E-state index in [1.165, 1.54) is 48.8 Å². The number of rotatable bonds is 13. The van der Waals surface area contributed by atoms with Gasteiger partial charge in [0.25, 0.3) is 0 Å². The van der Waals surface area contributed by atoms with Crippen LogP contribution in [0.2, 0.25) is 0 Å². The average molecular weight is 826 g/mol. The number of hydrogen-bond donors (Lipinski definition) is 8. The van der Waals surface area contributed by atoms with E-state index in [-0.39, 0.29) is 17.3 Å². The number of carbonyl (C=O) groups excluding carboxylic acids is 1. The van der Waals surface area contributed by atoms with Gasteiger partial charge in [0.15, 0.2) is 18.0 Å². The largest absolute Gasteiger partial charge is 0.492 e. The molecule has 4 aromatic rings. The number of carbonyl (C=O) groups is 3. The summed E-state index contributed by atoms with van der Waals surface area (Å²) < 4.78 is 28.5. The van der Waals surface area contributed by atoms with Crippen LogP contribution < -0.4 is 14.2 Å². The molecular weight excluding hydrogens is 782 g/mol. The Morgan fingerprint density at radius 2 is 1.19 bits per heavy atom. The second-order valence-corrected chi connectivity index (χ2v) is 15.4. The molecule has 7 rings (SSSR count). The van der Waals surface area contributed by atoms with Crippen molar-refractivity contribution in [1.82, 2.24) is 4.90 Å². The molecule has 10 atom stereocenters. The van der Waals surface area contributed by atoms with Crippen LogP contribution in [0.15, 0.2) is 66.7 Å². The number of benzene rings is 3. The van der Waals surface area contributed by atoms with Gasteiger partial charge in [0.2, 0.25) is 12.6 Å². The molecule has 0 radical (unpaired) electrons. The topological polar surface area (TPSA) is 262 Å². The van der Waals surface area contributed by atoms with Crippen molar-refractivity contribution in [3.05, 3.63) is 77.9 Å². The van der Waals surface area contributed by atoms with E-state index in [9.17, 15) is 55.2 Å². The highest BCUT2D eigenvalue weighted by Crippen LogP contribution is 2.42. The van der Waals surface area contributed by atoms with Gasteiger partial charge in [-0.05, 0) is 98.2 Å². The first-order chi connectivity index (χ1) is 27.8. The molecule has 3 aliphatic rings. The fourth-order valence-electron chi connectivity index (χ4n) is 7.15. The summed E-state index contributed by atoms with van der Waals surface area (Å²) >= 11 is 1.21. The van der Waals surface area contributed by atoms with Crippen molar-refractivity contribution in [2.45, 2.75) is 80.7 Å². The lowest BCUT2D eigenvalue weighted by Gasteiger charge is -2.38. The molecule has 0 saturated carbocycles. The van der Waals surface area contributed by atoms with E-state index in [0.29, 0.717) is 44.0 Å². The summed E-state index contributed by atoms with van der Waals surface area (Å²) in [5, 5.41) is 80.9. The van der Waals surface area contributed by atoms with E-state index < -0.39 is 73.4 Å². The Kier molecular flexibility index (Phi) is 12.6. The Labute approximate surface area is 334 Å². The number of carboxylic acids is 2. The summed E-state index contributed by atoms with van der Waals surface area (Å²) in [5.74, 6) is -2.63. The van der Waals surface area contributed by atoms with Crippen molar-refractivity contribution in [3.8, 4) is 27.7 Å². The van der Waals surface area contributed by atoms with Crippen molar-refractivity contribution in [2.24, 2.45) is 0 Å². The smallest absolute Gasteiger partial charge is 0.335 e. The second-order valence-electron chi connectivity index (χ2n) is 14.3. The molecule has 0 amide bonds. The van der Waals surface area contributed by atoms with Crippen molar-refractivity contribution < 1.29 is 78.9 Å². The van der Waals surface area contributed by atoms with Crippen molar-refractivity contribution in [3.63, 3.8) is 0 Å². The van der Waals surface area contributed by atoms with Crippen LogP contribution in [0, 0.1) is 0 Å². The van der Waals surface area contributed by atoms with E-state index in [1.54, 1.807) is 48.5 Å². The van der Waals surface area contributed by atoms with Crippen LogP contribution in [-0.2, 0) is 19.1 Å². The summed E-state index contributed by atoms with van der Waals surface area (Å²) in [5.41, 5.74) is 1.24. The monoisotopic (exact) mass is 825 g/mol. The number of ketones is 1. The number of nitrogens with zero attached hydrogens (tertiary/aromatic N) is 1. The lowest BCUT2D eigenvalue weighted by molar-refractivity contribution is -0.271. The molecule has 18 heteroatoms. The van der Waals surface area contributed by atoms with E-state index >= 15 is 0 Å². The van der Waals surface area contributed by atoms with Crippen LogP contribution in [0.3, 0.4) is 0 Å². The molecule has 17 nitrogen and oxygen atoms in total. The first-order valence-corrected chi connectivity index (χ1v) is 19.5. The van der Waals surface area contributed by atoms with Gasteiger partial charge in [0.05, 0.1) is 0 Å². The lowest BCUT2D eigenvalue weighted by atomic mass is 9.97. The fourth-order valence-corrected chi connectivity index (χ4v) is 8.39. The molecule has 3 aliphatic heterocycles. The minimum absolute atomic E-state index is 0.101. The summed E-state index contributed by atoms with van der Waals surface area (Å²) in [4.78, 5) is 40.4. The Hall–Kier alpha value is -4.73. The Morgan fingerprint density at radius 1 is 0.655 bits per heavy atom. The van der Waals surface area contributed by atoms with Crippen molar-refractivity contribution >= 4 is 39.1 Å². The maximum Gasteiger partial charge on any atom is 0.335 e. The van der Waals surface area contributed by atoms with E-state index in [4.69, 9.17) is 23.7 Å². The van der Waals surface area contributed by atoms with Gasteiger partial charge in [0.1, 0.15) is 60.5 Å². The number of aliphatic hydroxyl groups excluding tert-OH is 6. The number of aliphatic carboxylic acids is 2. The van der Waals surface area contributed by atoms with Crippen LogP contribution in [0.5, 0.6) is 17.2 Å². The van der Waals surface area contributed by atoms with Crippen LogP contribution in [0.25, 0.3) is 20.5 Å². The maximum atomic E-state index is 14.4. The van der Waals surface area contributed by atoms with E-state index in [0.717, 1.165) is 19.6 Å². The third-order valence-corrected chi connectivity index (χ3v) is 11.6. The number of fused-ring (bicyclic) bond motifs is 1. The highest BCUT2D eigenvalue weighted by molar-refractivity contribution is 7.22. The summed E-state index contributed by atoms with van der Waals surface area (Å²) in [6.07, 6.45) is -14.5. The van der Waals surface area contributed by atoms with Gasteiger partial charge < -0.3 is 64.5 Å². The van der Waals surface area contributed by atoms with Gasteiger partial charge in [-0.25, -0.2) is 9.59 Å². The van der Waals surface area contributed by atoms with Gasteiger partial charge in [-0.1, -0.05) is 6.42 Å². The summed E-state index contributed by atoms with van der Waals surface area (Å²) in [6.45, 7) is 3.40. The number of ether oxygens (including phenoxy) is 5. The van der Waals surface area contributed by atoms with Crippen LogP contribution in [0.4, 0.5) is 0 Å². The SMILES string of the molecule is O=C(c1ccc(OCCN2CCCCC2)cc1)c1c(-c2ccc(OC3OC(C(=O)O)C(O)C(O)C3O)cc2)sc2cc(OC3OC(C(=O)O)C(O)C(O)C3O)ccc12. The predicted molar refractivity (Wildman–Crippen MR) is 203 cm³/mol. The molecule has 310 valence electrons. The maximum absolute atomic E-state index is 14.4. The molecule has 4 heterocycles. The highest BCUT2D eigenvalue weighted by Gasteiger charge is 2.49. The number of likely N-dealkylation sites (tertiary alicyclic amines) is 1. The molecule has 1 aromatic heterocycles.